The number of rotatable bonds is 11. The molecule has 1 saturated heterocycles. The summed E-state index contributed by atoms with van der Waals surface area (Å²) in [4.78, 5) is 25.6. The number of hydrogen-bond donors (Lipinski definition) is 0. The molecule has 0 spiro atoms. The molecule has 2 aromatic heterocycles. The van der Waals surface area contributed by atoms with Crippen molar-refractivity contribution in [3.05, 3.63) is 82.5 Å². The van der Waals surface area contributed by atoms with Crippen molar-refractivity contribution in [2.24, 2.45) is 5.41 Å². The molecule has 9 nitrogen and oxygen atoms in total. The zero-order valence-corrected chi connectivity index (χ0v) is 35.8. The number of allylic oxidation sites excluding steroid dienone is 1. The highest BCUT2D eigenvalue weighted by Crippen LogP contribution is 2.45. The van der Waals surface area contributed by atoms with Crippen molar-refractivity contribution >= 4 is 59.3 Å². The lowest BCUT2D eigenvalue weighted by Gasteiger charge is -2.41. The van der Waals surface area contributed by atoms with E-state index in [1.165, 1.54) is 24.7 Å². The van der Waals surface area contributed by atoms with Gasteiger partial charge in [-0.2, -0.15) is 4.98 Å². The number of piperazine rings is 1. The van der Waals surface area contributed by atoms with Crippen molar-refractivity contribution in [2.45, 2.75) is 85.0 Å². The fourth-order valence-electron chi connectivity index (χ4n) is 8.09. The molecule has 0 atom stereocenters. The highest BCUT2D eigenvalue weighted by molar-refractivity contribution is 6.76. The first kappa shape index (κ1) is 39.4. The van der Waals surface area contributed by atoms with E-state index in [2.05, 4.69) is 98.4 Å². The van der Waals surface area contributed by atoms with Gasteiger partial charge in [-0.3, -0.25) is 4.90 Å². The molecule has 294 valence electrons. The lowest BCUT2D eigenvalue weighted by atomic mass is 9.72. The number of hydrogen-bond acceptors (Lipinski definition) is 8. The predicted octanol–water partition coefficient (Wildman–Crippen LogP) is 9.88. The fourth-order valence-corrected chi connectivity index (χ4v) is 8.98. The molecule has 11 heteroatoms. The number of esters is 1. The van der Waals surface area contributed by atoms with Crippen LogP contribution in [0, 0.1) is 5.41 Å². The van der Waals surface area contributed by atoms with Gasteiger partial charge in [-0.05, 0) is 98.2 Å². The lowest BCUT2D eigenvalue weighted by Crippen LogP contribution is -2.47. The number of carbonyl (C=O) groups excluding carboxylic acids is 1. The Kier molecular flexibility index (Phi) is 11.2. The van der Waals surface area contributed by atoms with Gasteiger partial charge in [-0.25, -0.2) is 4.79 Å². The van der Waals surface area contributed by atoms with Crippen molar-refractivity contribution < 1.29 is 19.0 Å². The number of halogens is 1. The van der Waals surface area contributed by atoms with Crippen LogP contribution < -0.4 is 14.5 Å². The van der Waals surface area contributed by atoms with E-state index < -0.39 is 13.7 Å². The van der Waals surface area contributed by atoms with Crippen LogP contribution in [0.2, 0.25) is 30.7 Å². The molecular weight excluding hydrogens is 726 g/mol. The summed E-state index contributed by atoms with van der Waals surface area (Å²) in [5, 5.41) is 1.77. The summed E-state index contributed by atoms with van der Waals surface area (Å²) >= 11 is 6.27. The first-order valence-corrected chi connectivity index (χ1v) is 23.9. The third kappa shape index (κ3) is 9.09. The van der Waals surface area contributed by atoms with Crippen molar-refractivity contribution in [1.29, 1.82) is 0 Å². The van der Waals surface area contributed by atoms with E-state index in [4.69, 9.17) is 30.8 Å². The molecular formula is C44H58ClN5O4Si. The second kappa shape index (κ2) is 15.6. The third-order valence-electron chi connectivity index (χ3n) is 11.3. The summed E-state index contributed by atoms with van der Waals surface area (Å²) in [6.07, 6.45) is 5.44. The fraction of sp³-hybridized carbons (Fsp3) is 0.500. The topological polar surface area (TPSA) is 72.3 Å². The first-order chi connectivity index (χ1) is 26.1. The number of benzene rings is 2. The van der Waals surface area contributed by atoms with Gasteiger partial charge >= 0.3 is 5.97 Å². The summed E-state index contributed by atoms with van der Waals surface area (Å²) in [5.74, 6) is 0.173. The minimum Gasteiger partial charge on any atom is -0.468 e. The molecule has 0 N–H and O–H groups in total. The average Bonchev–Trinajstić information content (AvgIpc) is 3.53. The number of aromatic nitrogens is 2. The Bertz CT molecular complexity index is 2060. The Balaban J connectivity index is 1.13. The van der Waals surface area contributed by atoms with Gasteiger partial charge in [0, 0.05) is 69.7 Å². The van der Waals surface area contributed by atoms with E-state index in [9.17, 15) is 4.79 Å². The van der Waals surface area contributed by atoms with Crippen LogP contribution in [0.4, 0.5) is 17.1 Å². The molecule has 4 heterocycles. The number of nitrogens with zero attached hydrogens (tertiary/aromatic N) is 5. The van der Waals surface area contributed by atoms with Crippen molar-refractivity contribution in [3.63, 3.8) is 0 Å². The SMILES string of the molecule is COC(=O)c1ccc(N2CCN(CC3=C(c4ccc(Cl)cc4)CC(C)(C)CC3)CC2)cc1N1CC(C)(C)Oc2nc3c(ccn3COCC[Si](C)(C)C)cc21. The molecule has 0 unspecified atom stereocenters. The number of methoxy groups -OCH3 is 1. The van der Waals surface area contributed by atoms with Crippen LogP contribution in [0.15, 0.2) is 66.4 Å². The molecule has 1 fully saturated rings. The van der Waals surface area contributed by atoms with Gasteiger partial charge in [-0.1, -0.05) is 62.8 Å². The lowest BCUT2D eigenvalue weighted by molar-refractivity contribution is 0.0600. The van der Waals surface area contributed by atoms with E-state index >= 15 is 0 Å². The molecule has 55 heavy (non-hydrogen) atoms. The molecule has 0 bridgehead atoms. The molecule has 3 aliphatic rings. The Morgan fingerprint density at radius 2 is 1.71 bits per heavy atom. The van der Waals surface area contributed by atoms with Crippen LogP contribution >= 0.6 is 11.6 Å². The molecule has 4 aromatic rings. The summed E-state index contributed by atoms with van der Waals surface area (Å²) < 4.78 is 20.0. The van der Waals surface area contributed by atoms with Gasteiger partial charge in [0.05, 0.1) is 24.9 Å². The van der Waals surface area contributed by atoms with Gasteiger partial charge in [0.1, 0.15) is 23.7 Å². The van der Waals surface area contributed by atoms with E-state index in [-0.39, 0.29) is 11.4 Å². The molecule has 1 aliphatic carbocycles. The second-order valence-corrected chi connectivity index (χ2v) is 24.3. The third-order valence-corrected chi connectivity index (χ3v) is 13.3. The maximum absolute atomic E-state index is 13.3. The Morgan fingerprint density at radius 1 is 0.964 bits per heavy atom. The summed E-state index contributed by atoms with van der Waals surface area (Å²) in [5.41, 5.74) is 8.11. The number of anilines is 3. The van der Waals surface area contributed by atoms with E-state index in [0.29, 0.717) is 24.7 Å². The molecule has 0 radical (unpaired) electrons. The number of carbonyl (C=O) groups is 1. The summed E-state index contributed by atoms with van der Waals surface area (Å²) in [7, 11) is 0.253. The largest absolute Gasteiger partial charge is 0.468 e. The highest BCUT2D eigenvalue weighted by atomic mass is 35.5. The van der Waals surface area contributed by atoms with Crippen molar-refractivity contribution in [1.82, 2.24) is 14.5 Å². The van der Waals surface area contributed by atoms with Gasteiger partial charge < -0.3 is 28.6 Å². The number of fused-ring (bicyclic) bond motifs is 2. The summed E-state index contributed by atoms with van der Waals surface area (Å²) in [6.45, 7) is 22.4. The van der Waals surface area contributed by atoms with Crippen molar-refractivity contribution in [2.75, 3.05) is 62.8 Å². The average molecular weight is 785 g/mol. The van der Waals surface area contributed by atoms with Gasteiger partial charge in [0.25, 0.3) is 0 Å². The normalized spacial score (nSPS) is 18.7. The Morgan fingerprint density at radius 3 is 2.42 bits per heavy atom. The van der Waals surface area contributed by atoms with Crippen LogP contribution in [0.5, 0.6) is 5.88 Å². The van der Waals surface area contributed by atoms with Gasteiger partial charge in [-0.15, -0.1) is 0 Å². The van der Waals surface area contributed by atoms with Crippen molar-refractivity contribution in [3.8, 4) is 5.88 Å². The number of pyridine rings is 1. The zero-order valence-electron chi connectivity index (χ0n) is 34.0. The van der Waals surface area contributed by atoms with E-state index in [0.717, 1.165) is 91.3 Å². The van der Waals surface area contributed by atoms with Crippen LogP contribution in [-0.2, 0) is 16.2 Å². The molecule has 2 aromatic carbocycles. The summed E-state index contributed by atoms with van der Waals surface area (Å²) in [6, 6.07) is 19.8. The quantitative estimate of drug-likeness (QED) is 0.0846. The monoisotopic (exact) mass is 783 g/mol. The minimum absolute atomic E-state index is 0.288. The number of ether oxygens (including phenoxy) is 3. The standard InChI is InChI=1S/C44H58ClN5O4Si/c1-43(2)17-15-33(37(27-43)31-9-11-34(45)12-10-31)28-47-19-21-48(22-20-47)35-13-14-36(42(51)52-5)38(26-35)50-29-44(3,4)54-41-39(50)25-32-16-18-49(40(32)46-41)30-53-23-24-55(6,7)8/h9-14,16,18,25-26H,15,17,19-24,27-30H2,1-8H3. The Hall–Kier alpha value is -3.83. The zero-order chi connectivity index (χ0) is 39.1. The van der Waals surface area contributed by atoms with Crippen LogP contribution in [0.1, 0.15) is 62.9 Å². The maximum Gasteiger partial charge on any atom is 0.339 e. The predicted molar refractivity (Wildman–Crippen MR) is 228 cm³/mol. The Labute approximate surface area is 333 Å². The molecule has 0 amide bonds. The van der Waals surface area contributed by atoms with Crippen LogP contribution in [0.25, 0.3) is 16.6 Å². The highest BCUT2D eigenvalue weighted by Gasteiger charge is 2.37. The van der Waals surface area contributed by atoms with Crippen LogP contribution in [-0.4, -0.2) is 87.1 Å². The minimum atomic E-state index is -1.19. The first-order valence-electron chi connectivity index (χ1n) is 19.8. The molecule has 2 aliphatic heterocycles. The van der Waals surface area contributed by atoms with Gasteiger partial charge in [0.15, 0.2) is 0 Å². The van der Waals surface area contributed by atoms with E-state index in [1.54, 1.807) is 5.57 Å². The smallest absolute Gasteiger partial charge is 0.339 e. The van der Waals surface area contributed by atoms with Gasteiger partial charge in [0.2, 0.25) is 5.88 Å². The molecule has 7 rings (SSSR count). The molecule has 0 saturated carbocycles. The van der Waals surface area contributed by atoms with E-state index in [1.807, 2.05) is 29.0 Å². The second-order valence-electron chi connectivity index (χ2n) is 18.2. The maximum atomic E-state index is 13.3. The van der Waals surface area contributed by atoms with Crippen LogP contribution in [0.3, 0.4) is 0 Å².